The van der Waals surface area contributed by atoms with Crippen molar-refractivity contribution in [3.63, 3.8) is 0 Å². The van der Waals surface area contributed by atoms with Crippen LogP contribution in [-0.4, -0.2) is 61.7 Å². The Bertz CT molecular complexity index is 1070. The van der Waals surface area contributed by atoms with E-state index in [1.54, 1.807) is 11.0 Å². The Balaban J connectivity index is 1.48. The van der Waals surface area contributed by atoms with Gasteiger partial charge in [-0.15, -0.1) is 5.10 Å². The third-order valence-corrected chi connectivity index (χ3v) is 4.70. The van der Waals surface area contributed by atoms with Gasteiger partial charge in [0, 0.05) is 37.9 Å². The second-order valence-corrected chi connectivity index (χ2v) is 6.63. The number of piperazine rings is 1. The highest BCUT2D eigenvalue weighted by Gasteiger charge is 2.22. The SMILES string of the molecule is N#CCC(=O)N1CCN(c2cc(-n3nc(Nc4ccccc4)nc3N)ncn2)CC1. The molecular formula is C19H20N10O. The number of nitriles is 1. The van der Waals surface area contributed by atoms with Gasteiger partial charge < -0.3 is 20.9 Å². The number of hydrogen-bond acceptors (Lipinski definition) is 9. The van der Waals surface area contributed by atoms with E-state index < -0.39 is 0 Å². The Hall–Kier alpha value is -4.20. The monoisotopic (exact) mass is 404 g/mol. The molecule has 1 aliphatic heterocycles. The first-order valence-corrected chi connectivity index (χ1v) is 9.41. The zero-order valence-corrected chi connectivity index (χ0v) is 16.1. The van der Waals surface area contributed by atoms with Gasteiger partial charge in [0.25, 0.3) is 0 Å². The van der Waals surface area contributed by atoms with Crippen LogP contribution in [0.15, 0.2) is 42.7 Å². The van der Waals surface area contributed by atoms with Crippen LogP contribution in [-0.2, 0) is 4.79 Å². The minimum absolute atomic E-state index is 0.0947. The highest BCUT2D eigenvalue weighted by atomic mass is 16.2. The third kappa shape index (κ3) is 4.12. The van der Waals surface area contributed by atoms with Gasteiger partial charge >= 0.3 is 0 Å². The first-order chi connectivity index (χ1) is 14.6. The van der Waals surface area contributed by atoms with E-state index in [1.807, 2.05) is 36.4 Å². The van der Waals surface area contributed by atoms with E-state index in [1.165, 1.54) is 11.0 Å². The molecule has 1 aliphatic rings. The van der Waals surface area contributed by atoms with E-state index in [2.05, 4.69) is 30.3 Å². The maximum Gasteiger partial charge on any atom is 0.248 e. The Morgan fingerprint density at radius 1 is 1.13 bits per heavy atom. The Morgan fingerprint density at radius 2 is 1.87 bits per heavy atom. The smallest absolute Gasteiger partial charge is 0.248 e. The summed E-state index contributed by atoms with van der Waals surface area (Å²) >= 11 is 0. The molecule has 3 aromatic rings. The number of nitrogens with one attached hydrogen (secondary N) is 1. The average Bonchev–Trinajstić information content (AvgIpc) is 3.15. The Kier molecular flexibility index (Phi) is 5.38. The van der Waals surface area contributed by atoms with Crippen molar-refractivity contribution < 1.29 is 4.79 Å². The molecule has 1 amide bonds. The fraction of sp³-hybridized carbons (Fsp3) is 0.263. The molecule has 11 heteroatoms. The molecule has 3 heterocycles. The predicted octanol–water partition coefficient (Wildman–Crippen LogP) is 0.945. The zero-order chi connectivity index (χ0) is 20.9. The van der Waals surface area contributed by atoms with Gasteiger partial charge in [-0.05, 0) is 12.1 Å². The highest BCUT2D eigenvalue weighted by molar-refractivity contribution is 5.78. The highest BCUT2D eigenvalue weighted by Crippen LogP contribution is 2.20. The molecule has 0 unspecified atom stereocenters. The molecule has 30 heavy (non-hydrogen) atoms. The first kappa shape index (κ1) is 19.1. The summed E-state index contributed by atoms with van der Waals surface area (Å²) in [6, 6.07) is 13.2. The van der Waals surface area contributed by atoms with E-state index in [-0.39, 0.29) is 18.3 Å². The summed E-state index contributed by atoms with van der Waals surface area (Å²) in [5.74, 6) is 1.62. The van der Waals surface area contributed by atoms with Crippen LogP contribution in [0.1, 0.15) is 6.42 Å². The molecule has 4 rings (SSSR count). The van der Waals surface area contributed by atoms with Gasteiger partial charge in [-0.1, -0.05) is 18.2 Å². The van der Waals surface area contributed by atoms with Crippen molar-refractivity contribution in [2.45, 2.75) is 6.42 Å². The van der Waals surface area contributed by atoms with Crippen LogP contribution < -0.4 is 16.0 Å². The summed E-state index contributed by atoms with van der Waals surface area (Å²) in [5.41, 5.74) is 6.89. The van der Waals surface area contributed by atoms with Crippen LogP contribution in [0.2, 0.25) is 0 Å². The number of hydrogen-bond donors (Lipinski definition) is 2. The molecule has 0 bridgehead atoms. The van der Waals surface area contributed by atoms with Gasteiger partial charge in [0.15, 0.2) is 5.82 Å². The average molecular weight is 404 g/mol. The summed E-state index contributed by atoms with van der Waals surface area (Å²) in [6.45, 7) is 2.30. The van der Waals surface area contributed by atoms with Crippen molar-refractivity contribution >= 4 is 29.3 Å². The number of amides is 1. The quantitative estimate of drug-likeness (QED) is 0.635. The molecule has 0 saturated carbocycles. The van der Waals surface area contributed by atoms with Gasteiger partial charge in [-0.3, -0.25) is 4.79 Å². The van der Waals surface area contributed by atoms with Crippen molar-refractivity contribution in [3.8, 4) is 11.9 Å². The van der Waals surface area contributed by atoms with Crippen molar-refractivity contribution in [2.75, 3.05) is 42.1 Å². The second kappa shape index (κ2) is 8.44. The van der Waals surface area contributed by atoms with Crippen molar-refractivity contribution in [1.29, 1.82) is 5.26 Å². The number of rotatable bonds is 5. The van der Waals surface area contributed by atoms with Crippen LogP contribution >= 0.6 is 0 Å². The largest absolute Gasteiger partial charge is 0.368 e. The van der Waals surface area contributed by atoms with E-state index in [4.69, 9.17) is 11.0 Å². The number of nitrogens with two attached hydrogens (primary N) is 1. The van der Waals surface area contributed by atoms with Crippen LogP contribution in [0.3, 0.4) is 0 Å². The van der Waals surface area contributed by atoms with Gasteiger partial charge in [0.1, 0.15) is 18.6 Å². The standard InChI is InChI=1S/C19H20N10O/c20-7-6-17(30)28-10-8-27(9-11-28)15-12-16(23-13-22-15)29-18(21)25-19(26-29)24-14-4-2-1-3-5-14/h1-5,12-13H,6,8-11H2,(H3,21,24,25,26). The Morgan fingerprint density at radius 3 is 2.60 bits per heavy atom. The minimum atomic E-state index is -0.144. The number of nitrogens with zero attached hydrogens (tertiary/aromatic N) is 8. The number of carbonyl (C=O) groups excluding carboxylic acids is 1. The van der Waals surface area contributed by atoms with Crippen molar-refractivity contribution in [1.82, 2.24) is 29.6 Å². The minimum Gasteiger partial charge on any atom is -0.368 e. The second-order valence-electron chi connectivity index (χ2n) is 6.63. The number of anilines is 4. The van der Waals surface area contributed by atoms with Gasteiger partial charge in [-0.2, -0.15) is 14.9 Å². The van der Waals surface area contributed by atoms with E-state index in [0.717, 1.165) is 5.69 Å². The molecule has 3 N–H and O–H groups in total. The van der Waals surface area contributed by atoms with Crippen LogP contribution in [0.5, 0.6) is 0 Å². The van der Waals surface area contributed by atoms with Crippen LogP contribution in [0, 0.1) is 11.3 Å². The molecule has 1 aromatic carbocycles. The summed E-state index contributed by atoms with van der Waals surface area (Å²) in [6.07, 6.45) is 1.35. The topological polar surface area (TPSA) is 142 Å². The normalized spacial score (nSPS) is 13.7. The number of para-hydroxylation sites is 1. The van der Waals surface area contributed by atoms with Crippen LogP contribution in [0.25, 0.3) is 5.82 Å². The summed E-state index contributed by atoms with van der Waals surface area (Å²) in [5, 5.41) is 16.2. The van der Waals surface area contributed by atoms with Gasteiger partial charge in [-0.25, -0.2) is 9.97 Å². The lowest BCUT2D eigenvalue weighted by molar-refractivity contribution is -0.130. The maximum atomic E-state index is 11.9. The lowest BCUT2D eigenvalue weighted by Gasteiger charge is -2.35. The first-order valence-electron chi connectivity index (χ1n) is 9.41. The van der Waals surface area contributed by atoms with E-state index >= 15 is 0 Å². The molecule has 0 radical (unpaired) electrons. The third-order valence-electron chi connectivity index (χ3n) is 4.70. The lowest BCUT2D eigenvalue weighted by Crippen LogP contribution is -2.49. The lowest BCUT2D eigenvalue weighted by atomic mass is 10.3. The zero-order valence-electron chi connectivity index (χ0n) is 16.1. The van der Waals surface area contributed by atoms with Crippen LogP contribution in [0.4, 0.5) is 23.4 Å². The molecule has 0 aliphatic carbocycles. The fourth-order valence-electron chi connectivity index (χ4n) is 3.19. The summed E-state index contributed by atoms with van der Waals surface area (Å²) in [4.78, 5) is 28.5. The molecule has 11 nitrogen and oxygen atoms in total. The molecular weight excluding hydrogens is 384 g/mol. The number of benzene rings is 1. The van der Waals surface area contributed by atoms with Gasteiger partial charge in [0.2, 0.25) is 17.8 Å². The molecule has 2 aromatic heterocycles. The molecule has 1 saturated heterocycles. The van der Waals surface area contributed by atoms with Crippen molar-refractivity contribution in [3.05, 3.63) is 42.7 Å². The summed E-state index contributed by atoms with van der Waals surface area (Å²) in [7, 11) is 0. The number of aromatic nitrogens is 5. The van der Waals surface area contributed by atoms with Crippen molar-refractivity contribution in [2.24, 2.45) is 0 Å². The fourth-order valence-corrected chi connectivity index (χ4v) is 3.19. The molecule has 152 valence electrons. The number of nitrogen functional groups attached to an aromatic ring is 1. The predicted molar refractivity (Wildman–Crippen MR) is 110 cm³/mol. The molecule has 0 atom stereocenters. The summed E-state index contributed by atoms with van der Waals surface area (Å²) < 4.78 is 1.45. The molecule has 1 fully saturated rings. The maximum absolute atomic E-state index is 11.9. The number of carbonyl (C=O) groups is 1. The van der Waals surface area contributed by atoms with E-state index in [9.17, 15) is 4.79 Å². The van der Waals surface area contributed by atoms with Gasteiger partial charge in [0.05, 0.1) is 6.07 Å². The Labute approximate surface area is 172 Å². The molecule has 0 spiro atoms. The van der Waals surface area contributed by atoms with E-state index in [0.29, 0.717) is 43.8 Å².